The zero-order valence-corrected chi connectivity index (χ0v) is 10.1. The van der Waals surface area contributed by atoms with E-state index in [1.165, 1.54) is 0 Å². The van der Waals surface area contributed by atoms with Gasteiger partial charge in [0.2, 0.25) is 0 Å². The van der Waals surface area contributed by atoms with Gasteiger partial charge in [-0.2, -0.15) is 5.10 Å². The lowest BCUT2D eigenvalue weighted by atomic mass is 10.1. The van der Waals surface area contributed by atoms with Gasteiger partial charge in [0, 0.05) is 22.8 Å². The molecule has 2 rings (SSSR count). The molecule has 0 atom stereocenters. The van der Waals surface area contributed by atoms with Crippen molar-refractivity contribution in [3.63, 3.8) is 0 Å². The van der Waals surface area contributed by atoms with Crippen molar-refractivity contribution in [2.45, 2.75) is 13.5 Å². The van der Waals surface area contributed by atoms with Crippen LogP contribution in [0.25, 0.3) is 11.3 Å². The molecule has 0 aliphatic carbocycles. The van der Waals surface area contributed by atoms with E-state index in [1.807, 2.05) is 38.2 Å². The first-order chi connectivity index (χ1) is 7.70. The summed E-state index contributed by atoms with van der Waals surface area (Å²) in [7, 11) is 1.91. The topological polar surface area (TPSA) is 40.7 Å². The molecule has 0 bridgehead atoms. The van der Waals surface area contributed by atoms with Gasteiger partial charge in [0.15, 0.2) is 0 Å². The number of aromatic amines is 1. The van der Waals surface area contributed by atoms with E-state index in [0.29, 0.717) is 0 Å². The van der Waals surface area contributed by atoms with E-state index >= 15 is 0 Å². The first-order valence-corrected chi connectivity index (χ1v) is 5.54. The lowest BCUT2D eigenvalue weighted by molar-refractivity contribution is 0.784. The van der Waals surface area contributed by atoms with Gasteiger partial charge in [-0.1, -0.05) is 17.7 Å². The van der Waals surface area contributed by atoms with E-state index in [9.17, 15) is 0 Å². The third-order valence-electron chi connectivity index (χ3n) is 2.45. The maximum atomic E-state index is 5.98. The maximum absolute atomic E-state index is 5.98. The van der Waals surface area contributed by atoms with Crippen molar-refractivity contribution in [1.29, 1.82) is 0 Å². The Morgan fingerprint density at radius 1 is 1.38 bits per heavy atom. The van der Waals surface area contributed by atoms with E-state index in [1.54, 1.807) is 0 Å². The van der Waals surface area contributed by atoms with Crippen LogP contribution in [0.3, 0.4) is 0 Å². The molecule has 0 aliphatic rings. The van der Waals surface area contributed by atoms with Gasteiger partial charge >= 0.3 is 0 Å². The minimum Gasteiger partial charge on any atom is -0.314 e. The molecule has 1 aromatic heterocycles. The Kier molecular flexibility index (Phi) is 3.27. The summed E-state index contributed by atoms with van der Waals surface area (Å²) >= 11 is 5.98. The van der Waals surface area contributed by atoms with E-state index in [-0.39, 0.29) is 0 Å². The minimum atomic E-state index is 0.787. The molecule has 1 aromatic carbocycles. The number of nitrogens with zero attached hydrogens (tertiary/aromatic N) is 1. The molecule has 2 aromatic rings. The molecule has 0 aliphatic heterocycles. The predicted octanol–water partition coefficient (Wildman–Crippen LogP) is 2.76. The Balaban J connectivity index is 2.31. The first-order valence-electron chi connectivity index (χ1n) is 5.16. The van der Waals surface area contributed by atoms with Crippen LogP contribution in [-0.2, 0) is 6.54 Å². The Labute approximate surface area is 99.8 Å². The zero-order chi connectivity index (χ0) is 11.5. The van der Waals surface area contributed by atoms with Crippen LogP contribution in [0.2, 0.25) is 5.02 Å². The SMILES string of the molecule is CNCc1cc(-c2ccc(Cl)c(C)c2)n[nH]1. The molecule has 0 amide bonds. The Hall–Kier alpha value is -1.32. The van der Waals surface area contributed by atoms with Gasteiger partial charge in [0.1, 0.15) is 0 Å². The quantitative estimate of drug-likeness (QED) is 0.859. The number of nitrogens with one attached hydrogen (secondary N) is 2. The molecule has 0 saturated heterocycles. The van der Waals surface area contributed by atoms with E-state index in [2.05, 4.69) is 15.5 Å². The average Bonchev–Trinajstić information content (AvgIpc) is 2.71. The van der Waals surface area contributed by atoms with E-state index < -0.39 is 0 Å². The summed E-state index contributed by atoms with van der Waals surface area (Å²) in [5, 5.41) is 11.1. The summed E-state index contributed by atoms with van der Waals surface area (Å²) in [5.74, 6) is 0. The van der Waals surface area contributed by atoms with Crippen LogP contribution in [0.4, 0.5) is 0 Å². The number of hydrogen-bond acceptors (Lipinski definition) is 2. The molecule has 0 radical (unpaired) electrons. The maximum Gasteiger partial charge on any atom is 0.0924 e. The van der Waals surface area contributed by atoms with Crippen molar-refractivity contribution in [1.82, 2.24) is 15.5 Å². The van der Waals surface area contributed by atoms with Crippen molar-refractivity contribution < 1.29 is 0 Å². The number of rotatable bonds is 3. The third-order valence-corrected chi connectivity index (χ3v) is 2.88. The molecular weight excluding hydrogens is 222 g/mol. The molecule has 3 nitrogen and oxygen atoms in total. The number of H-pyrrole nitrogens is 1. The molecular formula is C12H14ClN3. The highest BCUT2D eigenvalue weighted by molar-refractivity contribution is 6.31. The standard InChI is InChI=1S/C12H14ClN3/c1-8-5-9(3-4-11(8)13)12-6-10(7-14-2)15-16-12/h3-6,14H,7H2,1-2H3,(H,15,16). The van der Waals surface area contributed by atoms with Crippen molar-refractivity contribution in [3.8, 4) is 11.3 Å². The van der Waals surface area contributed by atoms with Gasteiger partial charge in [-0.25, -0.2) is 0 Å². The fourth-order valence-corrected chi connectivity index (χ4v) is 1.71. The summed E-state index contributed by atoms with van der Waals surface area (Å²) in [4.78, 5) is 0. The van der Waals surface area contributed by atoms with Crippen LogP contribution in [0.1, 0.15) is 11.3 Å². The molecule has 0 unspecified atom stereocenters. The Morgan fingerprint density at radius 2 is 2.19 bits per heavy atom. The van der Waals surface area contributed by atoms with Gasteiger partial charge in [0.05, 0.1) is 5.69 Å². The fraction of sp³-hybridized carbons (Fsp3) is 0.250. The number of benzene rings is 1. The van der Waals surface area contributed by atoms with Crippen molar-refractivity contribution >= 4 is 11.6 Å². The largest absolute Gasteiger partial charge is 0.314 e. The number of aryl methyl sites for hydroxylation is 1. The predicted molar refractivity (Wildman–Crippen MR) is 66.5 cm³/mol. The lowest BCUT2D eigenvalue weighted by Gasteiger charge is -2.00. The molecule has 0 spiro atoms. The van der Waals surface area contributed by atoms with E-state index in [0.717, 1.165) is 34.1 Å². The van der Waals surface area contributed by atoms with Crippen LogP contribution in [-0.4, -0.2) is 17.2 Å². The normalized spacial score (nSPS) is 10.7. The summed E-state index contributed by atoms with van der Waals surface area (Å²) in [5.41, 5.74) is 4.17. The van der Waals surface area contributed by atoms with Gasteiger partial charge in [-0.3, -0.25) is 5.10 Å². The summed E-state index contributed by atoms with van der Waals surface area (Å²) in [6.45, 7) is 2.78. The third kappa shape index (κ3) is 2.26. The second kappa shape index (κ2) is 4.68. The van der Waals surface area contributed by atoms with Gasteiger partial charge in [-0.15, -0.1) is 0 Å². The van der Waals surface area contributed by atoms with Crippen LogP contribution in [0.5, 0.6) is 0 Å². The molecule has 0 fully saturated rings. The van der Waals surface area contributed by atoms with Gasteiger partial charge < -0.3 is 5.32 Å². The first kappa shape index (κ1) is 11.2. The Morgan fingerprint density at radius 3 is 2.88 bits per heavy atom. The smallest absolute Gasteiger partial charge is 0.0924 e. The van der Waals surface area contributed by atoms with Gasteiger partial charge in [-0.05, 0) is 37.7 Å². The summed E-state index contributed by atoms with van der Waals surface area (Å²) in [6, 6.07) is 7.97. The highest BCUT2D eigenvalue weighted by Crippen LogP contribution is 2.23. The molecule has 2 N–H and O–H groups in total. The Bertz CT molecular complexity index is 491. The summed E-state index contributed by atoms with van der Waals surface area (Å²) in [6.07, 6.45) is 0. The highest BCUT2D eigenvalue weighted by Gasteiger charge is 2.04. The van der Waals surface area contributed by atoms with Crippen LogP contribution in [0.15, 0.2) is 24.3 Å². The van der Waals surface area contributed by atoms with E-state index in [4.69, 9.17) is 11.6 Å². The number of aromatic nitrogens is 2. The number of halogens is 1. The van der Waals surface area contributed by atoms with Crippen LogP contribution >= 0.6 is 11.6 Å². The molecule has 1 heterocycles. The fourth-order valence-electron chi connectivity index (χ4n) is 1.59. The van der Waals surface area contributed by atoms with Crippen LogP contribution in [0, 0.1) is 6.92 Å². The monoisotopic (exact) mass is 235 g/mol. The van der Waals surface area contributed by atoms with Crippen molar-refractivity contribution in [2.75, 3.05) is 7.05 Å². The summed E-state index contributed by atoms with van der Waals surface area (Å²) < 4.78 is 0. The minimum absolute atomic E-state index is 0.787. The van der Waals surface area contributed by atoms with Crippen molar-refractivity contribution in [2.24, 2.45) is 0 Å². The highest BCUT2D eigenvalue weighted by atomic mass is 35.5. The number of hydrogen-bond donors (Lipinski definition) is 2. The second-order valence-electron chi connectivity index (χ2n) is 3.77. The zero-order valence-electron chi connectivity index (χ0n) is 9.34. The van der Waals surface area contributed by atoms with Gasteiger partial charge in [0.25, 0.3) is 0 Å². The molecule has 0 saturated carbocycles. The van der Waals surface area contributed by atoms with Crippen molar-refractivity contribution in [3.05, 3.63) is 40.5 Å². The molecule has 16 heavy (non-hydrogen) atoms. The second-order valence-corrected chi connectivity index (χ2v) is 4.18. The molecule has 4 heteroatoms. The van der Waals surface area contributed by atoms with Crippen LogP contribution < -0.4 is 5.32 Å². The molecule has 84 valence electrons. The average molecular weight is 236 g/mol. The lowest BCUT2D eigenvalue weighted by Crippen LogP contribution is -2.04.